The Kier molecular flexibility index (Phi) is 4.75. The van der Waals surface area contributed by atoms with Crippen LogP contribution in [-0.4, -0.2) is 31.7 Å². The third-order valence-corrected chi connectivity index (χ3v) is 6.21. The zero-order valence-electron chi connectivity index (χ0n) is 9.01. The number of sulfone groups is 1. The van der Waals surface area contributed by atoms with Crippen LogP contribution < -0.4 is 0 Å². The first-order valence-electron chi connectivity index (χ1n) is 5.32. The van der Waals surface area contributed by atoms with Gasteiger partial charge in [-0.25, -0.2) is 8.42 Å². The van der Waals surface area contributed by atoms with Gasteiger partial charge in [-0.05, 0) is 18.8 Å². The van der Waals surface area contributed by atoms with Crippen LogP contribution in [-0.2, 0) is 9.84 Å². The Balaban J connectivity index is 2.81. The Morgan fingerprint density at radius 3 is 2.27 bits per heavy atom. The normalized spacial score (nSPS) is 25.7. The van der Waals surface area contributed by atoms with Gasteiger partial charge in [0.25, 0.3) is 0 Å². The van der Waals surface area contributed by atoms with Gasteiger partial charge in [0.2, 0.25) is 0 Å². The van der Waals surface area contributed by atoms with Crippen LogP contribution in [0, 0.1) is 11.3 Å². The quantitative estimate of drug-likeness (QED) is 0.722. The molecular weight excluding hydrogens is 255 g/mol. The van der Waals surface area contributed by atoms with Crippen molar-refractivity contribution in [3.05, 3.63) is 0 Å². The maximum Gasteiger partial charge on any atom is 0.150 e. The fraction of sp³-hybridized carbons (Fsp3) is 1.00. The van der Waals surface area contributed by atoms with Crippen LogP contribution in [0.5, 0.6) is 0 Å². The smallest absolute Gasteiger partial charge is 0.150 e. The highest BCUT2D eigenvalue weighted by Gasteiger charge is 2.42. The molecule has 0 aromatic heterocycles. The first kappa shape index (κ1) is 13.6. The maximum atomic E-state index is 11.4. The van der Waals surface area contributed by atoms with E-state index in [1.807, 2.05) is 0 Å². The number of hydrogen-bond acceptors (Lipinski definition) is 2. The Bertz CT molecular complexity index is 297. The van der Waals surface area contributed by atoms with Crippen molar-refractivity contribution in [2.24, 2.45) is 11.3 Å². The summed E-state index contributed by atoms with van der Waals surface area (Å²) >= 11 is 12.0. The van der Waals surface area contributed by atoms with Crippen LogP contribution in [0.3, 0.4) is 0 Å². The number of hydrogen-bond donors (Lipinski definition) is 0. The summed E-state index contributed by atoms with van der Waals surface area (Å²) in [4.78, 5) is 0. The van der Waals surface area contributed by atoms with Crippen LogP contribution in [0.1, 0.15) is 26.2 Å². The van der Waals surface area contributed by atoms with E-state index in [0.29, 0.717) is 17.5 Å². The van der Waals surface area contributed by atoms with E-state index in [1.165, 1.54) is 0 Å². The van der Waals surface area contributed by atoms with Crippen LogP contribution in [0.15, 0.2) is 0 Å². The Hall–Kier alpha value is 0.530. The van der Waals surface area contributed by atoms with E-state index in [2.05, 4.69) is 6.92 Å². The van der Waals surface area contributed by atoms with E-state index in [4.69, 9.17) is 23.2 Å². The first-order valence-corrected chi connectivity index (χ1v) is 8.21. The Morgan fingerprint density at radius 2 is 1.93 bits per heavy atom. The summed E-state index contributed by atoms with van der Waals surface area (Å²) in [5, 5.41) is 0. The van der Waals surface area contributed by atoms with Crippen molar-refractivity contribution in [2.75, 3.05) is 23.3 Å². The van der Waals surface area contributed by atoms with Crippen LogP contribution >= 0.6 is 23.2 Å². The zero-order valence-corrected chi connectivity index (χ0v) is 11.3. The molecule has 90 valence electrons. The van der Waals surface area contributed by atoms with Crippen LogP contribution in [0.4, 0.5) is 0 Å². The molecule has 1 rings (SSSR count). The van der Waals surface area contributed by atoms with Gasteiger partial charge in [0.15, 0.2) is 9.84 Å². The summed E-state index contributed by atoms with van der Waals surface area (Å²) < 4.78 is 22.9. The molecule has 1 fully saturated rings. The third kappa shape index (κ3) is 3.01. The van der Waals surface area contributed by atoms with Crippen molar-refractivity contribution in [3.8, 4) is 0 Å². The summed E-state index contributed by atoms with van der Waals surface area (Å²) in [6.45, 7) is 2.08. The van der Waals surface area contributed by atoms with Gasteiger partial charge in [0, 0.05) is 17.2 Å². The largest absolute Gasteiger partial charge is 0.229 e. The van der Waals surface area contributed by atoms with Crippen LogP contribution in [0.2, 0.25) is 0 Å². The van der Waals surface area contributed by atoms with Gasteiger partial charge in [-0.15, -0.1) is 23.2 Å². The second-order valence-electron chi connectivity index (χ2n) is 4.48. The number of rotatable bonds is 5. The van der Waals surface area contributed by atoms with E-state index in [9.17, 15) is 8.42 Å². The number of halogens is 2. The lowest BCUT2D eigenvalue weighted by molar-refractivity contribution is 0.225. The number of alkyl halides is 2. The predicted molar refractivity (Wildman–Crippen MR) is 65.5 cm³/mol. The summed E-state index contributed by atoms with van der Waals surface area (Å²) in [5.41, 5.74) is -0.179. The second-order valence-corrected chi connectivity index (χ2v) is 7.24. The van der Waals surface area contributed by atoms with Crippen LogP contribution in [0.25, 0.3) is 0 Å². The topological polar surface area (TPSA) is 34.1 Å². The molecule has 0 radical (unpaired) electrons. The molecule has 15 heavy (non-hydrogen) atoms. The Morgan fingerprint density at radius 1 is 1.33 bits per heavy atom. The van der Waals surface area contributed by atoms with E-state index in [1.54, 1.807) is 0 Å². The molecule has 0 aliphatic carbocycles. The lowest BCUT2D eigenvalue weighted by Gasteiger charge is -2.35. The predicted octanol–water partition coefficient (Wildman–Crippen LogP) is 2.69. The van der Waals surface area contributed by atoms with Crippen molar-refractivity contribution in [1.82, 2.24) is 0 Å². The minimum absolute atomic E-state index is 0.150. The van der Waals surface area contributed by atoms with Crippen molar-refractivity contribution < 1.29 is 8.42 Å². The SMILES string of the molecule is CCCC(CCl)(CCl)C1CCS(=O)(=O)C1. The molecule has 1 aliphatic rings. The highest BCUT2D eigenvalue weighted by molar-refractivity contribution is 7.91. The molecule has 1 atom stereocenters. The van der Waals surface area contributed by atoms with E-state index in [0.717, 1.165) is 19.3 Å². The maximum absolute atomic E-state index is 11.4. The van der Waals surface area contributed by atoms with E-state index in [-0.39, 0.29) is 17.1 Å². The molecule has 0 spiro atoms. The van der Waals surface area contributed by atoms with Crippen molar-refractivity contribution >= 4 is 33.0 Å². The molecule has 2 nitrogen and oxygen atoms in total. The van der Waals surface area contributed by atoms with E-state index >= 15 is 0 Å². The summed E-state index contributed by atoms with van der Waals surface area (Å²) in [7, 11) is -2.83. The molecule has 1 aliphatic heterocycles. The fourth-order valence-corrected chi connectivity index (χ4v) is 5.30. The second kappa shape index (κ2) is 5.24. The molecule has 0 amide bonds. The van der Waals surface area contributed by atoms with Gasteiger partial charge in [-0.2, -0.15) is 0 Å². The summed E-state index contributed by atoms with van der Waals surface area (Å²) in [6.07, 6.45) is 2.64. The molecule has 1 heterocycles. The molecule has 0 bridgehead atoms. The van der Waals surface area contributed by atoms with Gasteiger partial charge in [0.1, 0.15) is 0 Å². The average molecular weight is 273 g/mol. The lowest BCUT2D eigenvalue weighted by atomic mass is 9.75. The molecule has 0 N–H and O–H groups in total. The minimum atomic E-state index is -2.83. The highest BCUT2D eigenvalue weighted by Crippen LogP contribution is 2.41. The van der Waals surface area contributed by atoms with E-state index < -0.39 is 9.84 Å². The van der Waals surface area contributed by atoms with Crippen molar-refractivity contribution in [1.29, 1.82) is 0 Å². The minimum Gasteiger partial charge on any atom is -0.229 e. The zero-order chi connectivity index (χ0) is 11.5. The lowest BCUT2D eigenvalue weighted by Crippen LogP contribution is -2.35. The monoisotopic (exact) mass is 272 g/mol. The van der Waals surface area contributed by atoms with Gasteiger partial charge in [0.05, 0.1) is 11.5 Å². The van der Waals surface area contributed by atoms with Gasteiger partial charge in [-0.3, -0.25) is 0 Å². The molecule has 1 saturated heterocycles. The molecule has 0 saturated carbocycles. The van der Waals surface area contributed by atoms with Gasteiger partial charge < -0.3 is 0 Å². The molecule has 0 aromatic rings. The summed E-state index contributed by atoms with van der Waals surface area (Å²) in [5.74, 6) is 1.65. The average Bonchev–Trinajstić information content (AvgIpc) is 2.56. The van der Waals surface area contributed by atoms with Crippen molar-refractivity contribution in [2.45, 2.75) is 26.2 Å². The molecule has 1 unspecified atom stereocenters. The molecule has 0 aromatic carbocycles. The van der Waals surface area contributed by atoms with Gasteiger partial charge in [-0.1, -0.05) is 13.3 Å². The molecule has 5 heteroatoms. The summed E-state index contributed by atoms with van der Waals surface area (Å²) in [6, 6.07) is 0. The first-order chi connectivity index (χ1) is 6.99. The highest BCUT2D eigenvalue weighted by atomic mass is 35.5. The molecular formula is C10H18Cl2O2S. The standard InChI is InChI=1S/C10H18Cl2O2S/c1-2-4-10(7-11,8-12)9-3-5-15(13,14)6-9/h9H,2-8H2,1H3. The fourth-order valence-electron chi connectivity index (χ4n) is 2.37. The Labute approximate surface area is 102 Å². The van der Waals surface area contributed by atoms with Gasteiger partial charge >= 0.3 is 0 Å². The third-order valence-electron chi connectivity index (χ3n) is 3.38. The van der Waals surface area contributed by atoms with Crippen molar-refractivity contribution in [3.63, 3.8) is 0 Å².